The van der Waals surface area contributed by atoms with Crippen LogP contribution in [0.5, 0.6) is 11.5 Å². The highest BCUT2D eigenvalue weighted by Crippen LogP contribution is 2.48. The first-order valence-corrected chi connectivity index (χ1v) is 8.11. The number of hydrogen-bond donors (Lipinski definition) is 2. The Kier molecular flexibility index (Phi) is 4.06. The summed E-state index contributed by atoms with van der Waals surface area (Å²) in [5.74, 6) is 0.401. The average Bonchev–Trinajstić information content (AvgIpc) is 2.47. The van der Waals surface area contributed by atoms with Crippen LogP contribution < -0.4 is 20.1 Å². The van der Waals surface area contributed by atoms with Gasteiger partial charge in [-0.2, -0.15) is 0 Å². The van der Waals surface area contributed by atoms with Crippen molar-refractivity contribution in [1.29, 1.82) is 0 Å². The summed E-state index contributed by atoms with van der Waals surface area (Å²) >= 11 is 5.26. The Labute approximate surface area is 140 Å². The fraction of sp³-hybridized carbons (Fsp3) is 0.500. The molecule has 3 rings (SSSR count). The highest BCUT2D eigenvalue weighted by Gasteiger charge is 2.56. The lowest BCUT2D eigenvalue weighted by Crippen LogP contribution is -2.70. The first-order chi connectivity index (χ1) is 11.0. The fourth-order valence-electron chi connectivity index (χ4n) is 3.19. The van der Waals surface area contributed by atoms with Gasteiger partial charge in [-0.1, -0.05) is 12.1 Å². The lowest BCUT2D eigenvalue weighted by molar-refractivity contribution is -0.162. The molecule has 2 heterocycles. The molecule has 0 spiro atoms. The number of hydrogen-bond acceptors (Lipinski definition) is 5. The van der Waals surface area contributed by atoms with E-state index < -0.39 is 11.6 Å². The van der Waals surface area contributed by atoms with Crippen LogP contribution in [0, 0.1) is 5.92 Å². The van der Waals surface area contributed by atoms with E-state index in [0.29, 0.717) is 29.8 Å². The van der Waals surface area contributed by atoms with Crippen LogP contribution in [0.1, 0.15) is 32.4 Å². The Balaban J connectivity index is 2.10. The van der Waals surface area contributed by atoms with Crippen molar-refractivity contribution in [2.45, 2.75) is 32.5 Å². The molecule has 3 atom stereocenters. The number of carbonyl (C=O) groups excluding carboxylic acids is 1. The number of nitrogens with one attached hydrogen (secondary N) is 2. The van der Waals surface area contributed by atoms with Crippen molar-refractivity contribution in [3.05, 3.63) is 23.8 Å². The molecule has 7 heteroatoms. The number of rotatable bonds is 4. The van der Waals surface area contributed by atoms with E-state index in [-0.39, 0.29) is 12.0 Å². The van der Waals surface area contributed by atoms with Gasteiger partial charge in [0.2, 0.25) is 0 Å². The number of fused-ring (bicyclic) bond motifs is 4. The van der Waals surface area contributed by atoms with Crippen LogP contribution in [0.2, 0.25) is 0 Å². The smallest absolute Gasteiger partial charge is 0.317 e. The van der Waals surface area contributed by atoms with Crippen molar-refractivity contribution >= 4 is 23.3 Å². The van der Waals surface area contributed by atoms with Gasteiger partial charge in [0.05, 0.1) is 19.3 Å². The number of esters is 1. The Morgan fingerprint density at radius 3 is 2.87 bits per heavy atom. The van der Waals surface area contributed by atoms with Crippen LogP contribution in [-0.2, 0) is 9.53 Å². The minimum absolute atomic E-state index is 0.314. The summed E-state index contributed by atoms with van der Waals surface area (Å²) in [6, 6.07) is 5.32. The van der Waals surface area contributed by atoms with E-state index in [0.717, 1.165) is 5.56 Å². The molecule has 0 saturated carbocycles. The lowest BCUT2D eigenvalue weighted by Gasteiger charge is -2.50. The Bertz CT molecular complexity index is 651. The van der Waals surface area contributed by atoms with Gasteiger partial charge in [-0.15, -0.1) is 0 Å². The molecule has 0 radical (unpaired) electrons. The molecule has 124 valence electrons. The molecule has 0 amide bonds. The summed E-state index contributed by atoms with van der Waals surface area (Å²) in [5, 5.41) is 6.69. The van der Waals surface area contributed by atoms with Crippen LogP contribution in [-0.4, -0.2) is 30.0 Å². The third-order valence-electron chi connectivity index (χ3n) is 4.07. The number of carbonyl (C=O) groups is 1. The van der Waals surface area contributed by atoms with Gasteiger partial charge in [-0.25, -0.2) is 0 Å². The van der Waals surface area contributed by atoms with E-state index in [1.165, 1.54) is 0 Å². The minimum atomic E-state index is -0.987. The zero-order chi connectivity index (χ0) is 16.6. The van der Waals surface area contributed by atoms with Crippen LogP contribution in [0.3, 0.4) is 0 Å². The molecule has 23 heavy (non-hydrogen) atoms. The van der Waals surface area contributed by atoms with Crippen molar-refractivity contribution in [3.63, 3.8) is 0 Å². The predicted molar refractivity (Wildman–Crippen MR) is 88.4 cm³/mol. The maximum Gasteiger partial charge on any atom is 0.317 e. The van der Waals surface area contributed by atoms with Crippen molar-refractivity contribution in [3.8, 4) is 11.5 Å². The van der Waals surface area contributed by atoms with Gasteiger partial charge >= 0.3 is 5.97 Å². The van der Waals surface area contributed by atoms with Crippen LogP contribution in [0.15, 0.2) is 18.2 Å². The Hall–Kier alpha value is -2.02. The summed E-state index contributed by atoms with van der Waals surface area (Å²) in [4.78, 5) is 12.5. The molecule has 0 aromatic heterocycles. The molecule has 2 aliphatic heterocycles. The number of para-hydroxylation sites is 1. The molecule has 1 aromatic carbocycles. The number of benzene rings is 1. The molecule has 0 unspecified atom stereocenters. The molecule has 2 N–H and O–H groups in total. The third kappa shape index (κ3) is 2.59. The first-order valence-electron chi connectivity index (χ1n) is 7.70. The van der Waals surface area contributed by atoms with E-state index >= 15 is 0 Å². The van der Waals surface area contributed by atoms with Crippen LogP contribution in [0.25, 0.3) is 0 Å². The van der Waals surface area contributed by atoms with Gasteiger partial charge in [0, 0.05) is 5.56 Å². The van der Waals surface area contributed by atoms with Gasteiger partial charge in [-0.05, 0) is 39.1 Å². The van der Waals surface area contributed by atoms with Gasteiger partial charge < -0.3 is 24.8 Å². The first kappa shape index (κ1) is 15.9. The average molecular weight is 336 g/mol. The van der Waals surface area contributed by atoms with Crippen molar-refractivity contribution in [2.24, 2.45) is 5.92 Å². The zero-order valence-corrected chi connectivity index (χ0v) is 14.2. The predicted octanol–water partition coefficient (Wildman–Crippen LogP) is 1.89. The standard InChI is InChI=1S/C16H20N2O4S/c1-4-20-10-8-6-7-9-12-11(14(19)21-5-2)16(3,22-13(9)10)18-15(23)17-12/h6-8,11-12H,4-5H2,1-3H3,(H2,17,18,23)/t11-,12-,16-/m0/s1. The van der Waals surface area contributed by atoms with Crippen molar-refractivity contribution in [2.75, 3.05) is 13.2 Å². The molecular weight excluding hydrogens is 316 g/mol. The van der Waals surface area contributed by atoms with Gasteiger partial charge in [0.1, 0.15) is 5.92 Å². The second-order valence-corrected chi connectivity index (χ2v) is 6.03. The van der Waals surface area contributed by atoms with Crippen molar-refractivity contribution < 1.29 is 19.0 Å². The van der Waals surface area contributed by atoms with E-state index in [9.17, 15) is 4.79 Å². The summed E-state index contributed by atoms with van der Waals surface area (Å²) in [6.45, 7) is 6.35. The third-order valence-corrected chi connectivity index (χ3v) is 4.29. The van der Waals surface area contributed by atoms with E-state index in [1.54, 1.807) is 13.8 Å². The van der Waals surface area contributed by atoms with Gasteiger partial charge in [-0.3, -0.25) is 4.79 Å². The maximum atomic E-state index is 12.5. The molecule has 0 aliphatic carbocycles. The van der Waals surface area contributed by atoms with E-state index in [4.69, 9.17) is 26.4 Å². The monoisotopic (exact) mass is 336 g/mol. The highest BCUT2D eigenvalue weighted by atomic mass is 32.1. The molecule has 2 aliphatic rings. The Morgan fingerprint density at radius 2 is 2.17 bits per heavy atom. The second kappa shape index (κ2) is 5.88. The molecule has 1 aromatic rings. The normalized spacial score (nSPS) is 27.9. The highest BCUT2D eigenvalue weighted by molar-refractivity contribution is 7.80. The molecule has 6 nitrogen and oxygen atoms in total. The molecular formula is C16H20N2O4S. The van der Waals surface area contributed by atoms with Gasteiger partial charge in [0.25, 0.3) is 0 Å². The SMILES string of the molecule is CCOC(=O)[C@@H]1[C@H]2NC(=S)N[C@@]1(C)Oc1c(OCC)cccc12. The van der Waals surface area contributed by atoms with Gasteiger partial charge in [0.15, 0.2) is 22.3 Å². The molecule has 1 fully saturated rings. The van der Waals surface area contributed by atoms with Crippen LogP contribution >= 0.6 is 12.2 Å². The van der Waals surface area contributed by atoms with E-state index in [1.807, 2.05) is 25.1 Å². The van der Waals surface area contributed by atoms with Crippen molar-refractivity contribution in [1.82, 2.24) is 10.6 Å². The topological polar surface area (TPSA) is 68.8 Å². The summed E-state index contributed by atoms with van der Waals surface area (Å²) in [7, 11) is 0. The number of ether oxygens (including phenoxy) is 3. The molecule has 2 bridgehead atoms. The lowest BCUT2D eigenvalue weighted by atomic mass is 9.80. The maximum absolute atomic E-state index is 12.5. The molecule has 1 saturated heterocycles. The summed E-state index contributed by atoms with van der Waals surface area (Å²) < 4.78 is 17.1. The summed E-state index contributed by atoms with van der Waals surface area (Å²) in [5.41, 5.74) is -0.144. The zero-order valence-electron chi connectivity index (χ0n) is 13.3. The second-order valence-electron chi connectivity index (χ2n) is 5.62. The number of thiocarbonyl (C=S) groups is 1. The van der Waals surface area contributed by atoms with Crippen LogP contribution in [0.4, 0.5) is 0 Å². The quantitative estimate of drug-likeness (QED) is 0.643. The Morgan fingerprint density at radius 1 is 1.39 bits per heavy atom. The largest absolute Gasteiger partial charge is 0.490 e. The fourth-order valence-corrected chi connectivity index (χ4v) is 3.52. The minimum Gasteiger partial charge on any atom is -0.490 e. The van der Waals surface area contributed by atoms with E-state index in [2.05, 4.69) is 10.6 Å². The summed E-state index contributed by atoms with van der Waals surface area (Å²) in [6.07, 6.45) is 0.